The molecule has 0 atom stereocenters. The van der Waals surface area contributed by atoms with Crippen molar-refractivity contribution in [2.45, 2.75) is 26.3 Å². The van der Waals surface area contributed by atoms with E-state index in [2.05, 4.69) is 4.99 Å². The predicted molar refractivity (Wildman–Crippen MR) is 60.4 cm³/mol. The van der Waals surface area contributed by atoms with Crippen LogP contribution in [0.4, 0.5) is 0 Å². The molecule has 0 saturated carbocycles. The Kier molecular flexibility index (Phi) is 3.02. The van der Waals surface area contributed by atoms with Crippen molar-refractivity contribution in [2.75, 3.05) is 6.54 Å². The van der Waals surface area contributed by atoms with Gasteiger partial charge in [-0.1, -0.05) is 0 Å². The highest BCUT2D eigenvalue weighted by Gasteiger charge is 2.38. The van der Waals surface area contributed by atoms with Crippen LogP contribution in [0.15, 0.2) is 16.3 Å². The second-order valence-electron chi connectivity index (χ2n) is 4.20. The average Bonchev–Trinajstić information content (AvgIpc) is 2.38. The first-order valence-corrected chi connectivity index (χ1v) is 4.87. The van der Waals surface area contributed by atoms with Gasteiger partial charge in [0.1, 0.15) is 5.84 Å². The fourth-order valence-electron chi connectivity index (χ4n) is 1.60. The molecule has 1 aliphatic heterocycles. The van der Waals surface area contributed by atoms with Gasteiger partial charge in [0, 0.05) is 18.2 Å². The van der Waals surface area contributed by atoms with Crippen molar-refractivity contribution in [1.82, 2.24) is 4.90 Å². The summed E-state index contributed by atoms with van der Waals surface area (Å²) in [5.41, 5.74) is 12.0. The number of amides is 2. The van der Waals surface area contributed by atoms with Gasteiger partial charge >= 0.3 is 0 Å². The van der Waals surface area contributed by atoms with Crippen molar-refractivity contribution < 1.29 is 9.59 Å². The van der Waals surface area contributed by atoms with Crippen LogP contribution in [0, 0.1) is 0 Å². The van der Waals surface area contributed by atoms with E-state index in [1.54, 1.807) is 0 Å². The smallest absolute Gasteiger partial charge is 0.244 e. The monoisotopic (exact) mass is 224 g/mol. The second kappa shape index (κ2) is 3.96. The Morgan fingerprint density at radius 1 is 1.56 bits per heavy atom. The van der Waals surface area contributed by atoms with Crippen molar-refractivity contribution in [3.8, 4) is 0 Å². The van der Waals surface area contributed by atoms with Crippen LogP contribution in [0.2, 0.25) is 0 Å². The molecule has 16 heavy (non-hydrogen) atoms. The maximum atomic E-state index is 10.9. The zero-order chi connectivity index (χ0) is 12.5. The topological polar surface area (TPSA) is 102 Å². The third kappa shape index (κ3) is 1.91. The Balaban J connectivity index is 3.13. The Labute approximate surface area is 94.0 Å². The number of nitrogens with zero attached hydrogens (tertiary/aromatic N) is 2. The van der Waals surface area contributed by atoms with E-state index in [0.717, 1.165) is 0 Å². The average molecular weight is 224 g/mol. The molecule has 0 aliphatic carbocycles. The molecule has 4 N–H and O–H groups in total. The highest BCUT2D eigenvalue weighted by Crippen LogP contribution is 2.29. The van der Waals surface area contributed by atoms with Gasteiger partial charge in [0.2, 0.25) is 12.3 Å². The van der Waals surface area contributed by atoms with Crippen LogP contribution in [0.3, 0.4) is 0 Å². The summed E-state index contributed by atoms with van der Waals surface area (Å²) in [5, 5.41) is 0. The second-order valence-corrected chi connectivity index (χ2v) is 4.20. The number of aliphatic imine (C=N–C) groups is 1. The van der Waals surface area contributed by atoms with Gasteiger partial charge in [-0.25, -0.2) is 0 Å². The summed E-state index contributed by atoms with van der Waals surface area (Å²) in [5.74, 6) is -0.303. The van der Waals surface area contributed by atoms with E-state index < -0.39 is 5.54 Å². The minimum atomic E-state index is -0.589. The molecule has 1 aliphatic rings. The molecule has 0 aromatic heterocycles. The molecule has 1 rings (SSSR count). The summed E-state index contributed by atoms with van der Waals surface area (Å²) in [6.07, 6.45) is 0.709. The SMILES string of the molecule is CC(=O)N=C(N)C1=C(N)C(C)(C)N(C=O)C1. The summed E-state index contributed by atoms with van der Waals surface area (Å²) in [7, 11) is 0. The predicted octanol–water partition coefficient (Wildman–Crippen LogP) is -0.646. The van der Waals surface area contributed by atoms with Gasteiger partial charge in [-0.05, 0) is 13.8 Å². The van der Waals surface area contributed by atoms with E-state index in [9.17, 15) is 9.59 Å². The van der Waals surface area contributed by atoms with Crippen molar-refractivity contribution in [2.24, 2.45) is 16.5 Å². The van der Waals surface area contributed by atoms with E-state index in [0.29, 0.717) is 17.7 Å². The number of nitrogens with two attached hydrogens (primary N) is 2. The number of hydrogen-bond acceptors (Lipinski definition) is 3. The third-order valence-electron chi connectivity index (χ3n) is 2.75. The summed E-state index contributed by atoms with van der Waals surface area (Å²) in [6, 6.07) is 0. The van der Waals surface area contributed by atoms with Crippen LogP contribution >= 0.6 is 0 Å². The Bertz CT molecular complexity index is 396. The lowest BCUT2D eigenvalue weighted by Crippen LogP contribution is -2.41. The molecule has 0 unspecified atom stereocenters. The lowest BCUT2D eigenvalue weighted by molar-refractivity contribution is -0.120. The van der Waals surface area contributed by atoms with E-state index in [1.807, 2.05) is 13.8 Å². The van der Waals surface area contributed by atoms with Gasteiger partial charge in [0.25, 0.3) is 0 Å². The molecule has 1 heterocycles. The number of amidine groups is 1. The lowest BCUT2D eigenvalue weighted by atomic mass is 10.0. The molecule has 0 aromatic rings. The molecular formula is C10H16N4O2. The third-order valence-corrected chi connectivity index (χ3v) is 2.75. The molecule has 0 radical (unpaired) electrons. The maximum Gasteiger partial charge on any atom is 0.244 e. The molecule has 0 spiro atoms. The van der Waals surface area contributed by atoms with Crippen LogP contribution in [-0.2, 0) is 9.59 Å². The highest BCUT2D eigenvalue weighted by molar-refractivity contribution is 6.04. The molecule has 2 amide bonds. The zero-order valence-electron chi connectivity index (χ0n) is 9.65. The van der Waals surface area contributed by atoms with Crippen LogP contribution in [-0.4, -0.2) is 35.1 Å². The standard InChI is InChI=1S/C10H16N4O2/c1-6(16)13-9(12)7-4-14(5-15)10(2,3)8(7)11/h5H,4,11H2,1-3H3,(H2,12,13,16). The fourth-order valence-corrected chi connectivity index (χ4v) is 1.60. The molecule has 6 nitrogen and oxygen atoms in total. The van der Waals surface area contributed by atoms with E-state index in [1.165, 1.54) is 11.8 Å². The Hall–Kier alpha value is -1.85. The van der Waals surface area contributed by atoms with Crippen molar-refractivity contribution >= 4 is 18.2 Å². The fraction of sp³-hybridized carbons (Fsp3) is 0.500. The summed E-state index contributed by atoms with van der Waals surface area (Å²) in [6.45, 7) is 5.21. The van der Waals surface area contributed by atoms with Gasteiger partial charge in [-0.2, -0.15) is 4.99 Å². The molecule has 88 valence electrons. The minimum absolute atomic E-state index is 0.0856. The first kappa shape index (κ1) is 12.2. The summed E-state index contributed by atoms with van der Waals surface area (Å²) < 4.78 is 0. The van der Waals surface area contributed by atoms with E-state index >= 15 is 0 Å². The minimum Gasteiger partial charge on any atom is -0.400 e. The largest absolute Gasteiger partial charge is 0.400 e. The molecule has 0 bridgehead atoms. The van der Waals surface area contributed by atoms with Crippen LogP contribution in [0.5, 0.6) is 0 Å². The van der Waals surface area contributed by atoms with Crippen LogP contribution in [0.25, 0.3) is 0 Å². The van der Waals surface area contributed by atoms with Gasteiger partial charge in [-0.15, -0.1) is 0 Å². The normalized spacial score (nSPS) is 20.2. The number of carbonyl (C=O) groups is 2. The van der Waals surface area contributed by atoms with Gasteiger partial charge < -0.3 is 16.4 Å². The summed E-state index contributed by atoms with van der Waals surface area (Å²) in [4.78, 5) is 26.8. The van der Waals surface area contributed by atoms with E-state index in [4.69, 9.17) is 11.5 Å². The molecular weight excluding hydrogens is 208 g/mol. The molecule has 6 heteroatoms. The van der Waals surface area contributed by atoms with E-state index in [-0.39, 0.29) is 18.3 Å². The number of rotatable bonds is 2. The Morgan fingerprint density at radius 2 is 2.12 bits per heavy atom. The zero-order valence-corrected chi connectivity index (χ0v) is 9.65. The summed E-state index contributed by atoms with van der Waals surface area (Å²) >= 11 is 0. The van der Waals surface area contributed by atoms with Crippen molar-refractivity contribution in [3.05, 3.63) is 11.3 Å². The maximum absolute atomic E-state index is 10.9. The molecule has 0 saturated heterocycles. The van der Waals surface area contributed by atoms with Crippen LogP contribution < -0.4 is 11.5 Å². The first-order valence-electron chi connectivity index (χ1n) is 4.87. The van der Waals surface area contributed by atoms with Crippen molar-refractivity contribution in [3.63, 3.8) is 0 Å². The Morgan fingerprint density at radius 3 is 2.50 bits per heavy atom. The van der Waals surface area contributed by atoms with Crippen molar-refractivity contribution in [1.29, 1.82) is 0 Å². The van der Waals surface area contributed by atoms with Gasteiger partial charge in [0.05, 0.1) is 12.1 Å². The highest BCUT2D eigenvalue weighted by atomic mass is 16.1. The van der Waals surface area contributed by atoms with Gasteiger partial charge in [-0.3, -0.25) is 9.59 Å². The van der Waals surface area contributed by atoms with Gasteiger partial charge in [0.15, 0.2) is 0 Å². The number of carbonyl (C=O) groups excluding carboxylic acids is 2. The quantitative estimate of drug-likeness (QED) is 0.370. The molecule has 0 fully saturated rings. The van der Waals surface area contributed by atoms with Crippen LogP contribution in [0.1, 0.15) is 20.8 Å². The number of hydrogen-bond donors (Lipinski definition) is 2. The lowest BCUT2D eigenvalue weighted by Gasteiger charge is -2.29. The first-order chi connectivity index (χ1) is 7.30. The molecule has 0 aromatic carbocycles.